The SMILES string of the molecule is CCCCC(=O)N1CCN(c2ccc(-c3cc4nc(CN=Cc5cccc(C)c5)cc(N5CCOCC5)n4n3)cc2)CC1. The van der Waals surface area contributed by atoms with Crippen molar-refractivity contribution in [3.05, 3.63) is 77.5 Å². The van der Waals surface area contributed by atoms with Crippen LogP contribution in [0, 0.1) is 6.92 Å². The molecule has 2 aliphatic heterocycles. The van der Waals surface area contributed by atoms with Crippen molar-refractivity contribution in [3.63, 3.8) is 0 Å². The Kier molecular flexibility index (Phi) is 8.98. The summed E-state index contributed by atoms with van der Waals surface area (Å²) in [6, 6.07) is 21.1. The van der Waals surface area contributed by atoms with Crippen LogP contribution in [0.4, 0.5) is 11.5 Å². The molecule has 224 valence electrons. The lowest BCUT2D eigenvalue weighted by Crippen LogP contribution is -2.48. The highest BCUT2D eigenvalue weighted by atomic mass is 16.5. The highest BCUT2D eigenvalue weighted by molar-refractivity contribution is 5.80. The molecular formula is C34H41N7O2. The van der Waals surface area contributed by atoms with Gasteiger partial charge in [-0.1, -0.05) is 55.3 Å². The van der Waals surface area contributed by atoms with Crippen molar-refractivity contribution in [3.8, 4) is 11.3 Å². The number of piperazine rings is 1. The Labute approximate surface area is 253 Å². The van der Waals surface area contributed by atoms with Crippen LogP contribution in [0.5, 0.6) is 0 Å². The molecule has 0 atom stereocenters. The van der Waals surface area contributed by atoms with Crippen LogP contribution in [0.25, 0.3) is 16.9 Å². The second-order valence-corrected chi connectivity index (χ2v) is 11.4. The summed E-state index contributed by atoms with van der Waals surface area (Å²) in [5, 5.41) is 5.01. The fourth-order valence-electron chi connectivity index (χ4n) is 5.79. The number of fused-ring (bicyclic) bond motifs is 1. The van der Waals surface area contributed by atoms with E-state index in [0.717, 1.165) is 86.1 Å². The number of carbonyl (C=O) groups excluding carboxylic acids is 1. The molecule has 6 rings (SSSR count). The van der Waals surface area contributed by atoms with Crippen LogP contribution in [0.2, 0.25) is 0 Å². The van der Waals surface area contributed by atoms with E-state index in [4.69, 9.17) is 19.8 Å². The number of benzene rings is 2. The third-order valence-corrected chi connectivity index (χ3v) is 8.24. The number of unbranched alkanes of at least 4 members (excludes halogenated alkanes) is 1. The van der Waals surface area contributed by atoms with Gasteiger partial charge in [-0.05, 0) is 31.0 Å². The zero-order chi connectivity index (χ0) is 29.6. The van der Waals surface area contributed by atoms with Gasteiger partial charge in [-0.2, -0.15) is 9.61 Å². The van der Waals surface area contributed by atoms with Crippen molar-refractivity contribution < 1.29 is 9.53 Å². The Hall–Kier alpha value is -4.24. The van der Waals surface area contributed by atoms with Crippen molar-refractivity contribution in [2.75, 3.05) is 62.3 Å². The minimum Gasteiger partial charge on any atom is -0.378 e. The van der Waals surface area contributed by atoms with Crippen molar-refractivity contribution in [2.45, 2.75) is 39.7 Å². The Morgan fingerprint density at radius 2 is 1.74 bits per heavy atom. The first-order valence-corrected chi connectivity index (χ1v) is 15.5. The molecule has 0 spiro atoms. The lowest BCUT2D eigenvalue weighted by Gasteiger charge is -2.36. The van der Waals surface area contributed by atoms with Crippen LogP contribution in [-0.4, -0.2) is 84.1 Å². The Morgan fingerprint density at radius 1 is 0.953 bits per heavy atom. The van der Waals surface area contributed by atoms with Gasteiger partial charge in [0.25, 0.3) is 0 Å². The molecule has 2 fully saturated rings. The number of hydrogen-bond donors (Lipinski definition) is 0. The van der Waals surface area contributed by atoms with Gasteiger partial charge in [-0.3, -0.25) is 9.79 Å². The quantitative estimate of drug-likeness (QED) is 0.260. The van der Waals surface area contributed by atoms with Gasteiger partial charge in [-0.15, -0.1) is 0 Å². The van der Waals surface area contributed by atoms with E-state index in [1.807, 2.05) is 15.6 Å². The van der Waals surface area contributed by atoms with Gasteiger partial charge in [-0.25, -0.2) is 4.98 Å². The first-order valence-electron chi connectivity index (χ1n) is 15.5. The highest BCUT2D eigenvalue weighted by Crippen LogP contribution is 2.27. The molecule has 0 unspecified atom stereocenters. The largest absolute Gasteiger partial charge is 0.378 e. The molecule has 0 saturated carbocycles. The average Bonchev–Trinajstić information content (AvgIpc) is 3.48. The van der Waals surface area contributed by atoms with Crippen LogP contribution in [0.15, 0.2) is 65.7 Å². The molecule has 0 radical (unpaired) electrons. The zero-order valence-corrected chi connectivity index (χ0v) is 25.3. The summed E-state index contributed by atoms with van der Waals surface area (Å²) in [4.78, 5) is 28.8. The van der Waals surface area contributed by atoms with Crippen molar-refractivity contribution in [1.82, 2.24) is 19.5 Å². The summed E-state index contributed by atoms with van der Waals surface area (Å²) in [5.74, 6) is 1.30. The van der Waals surface area contributed by atoms with E-state index in [2.05, 4.69) is 84.3 Å². The molecule has 2 aliphatic rings. The van der Waals surface area contributed by atoms with Gasteiger partial charge >= 0.3 is 0 Å². The molecule has 2 aromatic carbocycles. The summed E-state index contributed by atoms with van der Waals surface area (Å²) in [6.07, 6.45) is 4.60. The maximum Gasteiger partial charge on any atom is 0.222 e. The topological polar surface area (TPSA) is 78.6 Å². The second-order valence-electron chi connectivity index (χ2n) is 11.4. The fourth-order valence-corrected chi connectivity index (χ4v) is 5.79. The minimum atomic E-state index is 0.287. The normalized spacial score (nSPS) is 16.0. The number of morpholine rings is 1. The molecule has 9 heteroatoms. The van der Waals surface area contributed by atoms with E-state index < -0.39 is 0 Å². The molecular weight excluding hydrogens is 538 g/mol. The van der Waals surface area contributed by atoms with Gasteiger partial charge in [0.2, 0.25) is 5.91 Å². The van der Waals surface area contributed by atoms with Crippen molar-refractivity contribution in [2.24, 2.45) is 4.99 Å². The zero-order valence-electron chi connectivity index (χ0n) is 25.3. The summed E-state index contributed by atoms with van der Waals surface area (Å²) < 4.78 is 7.58. The summed E-state index contributed by atoms with van der Waals surface area (Å²) >= 11 is 0. The smallest absolute Gasteiger partial charge is 0.222 e. The summed E-state index contributed by atoms with van der Waals surface area (Å²) in [6.45, 7) is 11.0. The fraction of sp³-hybridized carbons (Fsp3) is 0.412. The summed E-state index contributed by atoms with van der Waals surface area (Å²) in [5.41, 5.74) is 7.14. The second kappa shape index (κ2) is 13.4. The van der Waals surface area contributed by atoms with Crippen molar-refractivity contribution in [1.29, 1.82) is 0 Å². The van der Waals surface area contributed by atoms with E-state index in [-0.39, 0.29) is 5.91 Å². The average molecular weight is 580 g/mol. The Bertz CT molecular complexity index is 1570. The molecule has 43 heavy (non-hydrogen) atoms. The molecule has 0 N–H and O–H groups in total. The Balaban J connectivity index is 1.20. The lowest BCUT2D eigenvalue weighted by atomic mass is 10.1. The number of ether oxygens (including phenoxy) is 1. The maximum atomic E-state index is 12.4. The predicted molar refractivity (Wildman–Crippen MR) is 172 cm³/mol. The number of rotatable bonds is 9. The lowest BCUT2D eigenvalue weighted by molar-refractivity contribution is -0.131. The van der Waals surface area contributed by atoms with Crippen LogP contribution in [-0.2, 0) is 16.1 Å². The standard InChI is InChI=1S/C34H41N7O2/c1-3-4-8-34(42)40-15-13-38(14-16-40)30-11-9-28(10-12-30)31-23-32-36-29(25-35-24-27-7-5-6-26(2)21-27)22-33(41(32)37-31)39-17-19-43-20-18-39/h5-7,9-12,21-24H,3-4,8,13-20,25H2,1-2H3. The summed E-state index contributed by atoms with van der Waals surface area (Å²) in [7, 11) is 0. The van der Waals surface area contributed by atoms with Crippen molar-refractivity contribution >= 4 is 29.3 Å². The molecule has 9 nitrogen and oxygen atoms in total. The molecule has 2 saturated heterocycles. The van der Waals surface area contributed by atoms with E-state index in [9.17, 15) is 4.79 Å². The number of anilines is 2. The number of nitrogens with zero attached hydrogens (tertiary/aromatic N) is 7. The maximum absolute atomic E-state index is 12.4. The van der Waals surface area contributed by atoms with E-state index in [1.165, 1.54) is 11.3 Å². The molecule has 1 amide bonds. The van der Waals surface area contributed by atoms with Gasteiger partial charge in [0.05, 0.1) is 31.1 Å². The first kappa shape index (κ1) is 28.9. The third-order valence-electron chi connectivity index (χ3n) is 8.24. The minimum absolute atomic E-state index is 0.287. The molecule has 4 heterocycles. The number of aromatic nitrogens is 3. The van der Waals surface area contributed by atoms with E-state index >= 15 is 0 Å². The molecule has 0 aliphatic carbocycles. The van der Waals surface area contributed by atoms with E-state index in [0.29, 0.717) is 26.2 Å². The first-order chi connectivity index (χ1) is 21.1. The van der Waals surface area contributed by atoms with Crippen LogP contribution in [0.1, 0.15) is 43.0 Å². The van der Waals surface area contributed by atoms with Crippen LogP contribution >= 0.6 is 0 Å². The molecule has 0 bridgehead atoms. The number of carbonyl (C=O) groups is 1. The molecule has 4 aromatic rings. The number of hydrogen-bond acceptors (Lipinski definition) is 7. The number of amides is 1. The Morgan fingerprint density at radius 3 is 2.49 bits per heavy atom. The molecule has 2 aromatic heterocycles. The number of aliphatic imine (C=N–C) groups is 1. The van der Waals surface area contributed by atoms with Gasteiger partial charge in [0, 0.05) is 75.3 Å². The van der Waals surface area contributed by atoms with Gasteiger partial charge < -0.3 is 19.4 Å². The predicted octanol–water partition coefficient (Wildman–Crippen LogP) is 5.00. The van der Waals surface area contributed by atoms with Gasteiger partial charge in [0.15, 0.2) is 5.65 Å². The van der Waals surface area contributed by atoms with Crippen LogP contribution in [0.3, 0.4) is 0 Å². The van der Waals surface area contributed by atoms with Crippen LogP contribution < -0.4 is 9.80 Å². The number of aryl methyl sites for hydroxylation is 1. The third kappa shape index (κ3) is 6.88. The van der Waals surface area contributed by atoms with Gasteiger partial charge in [0.1, 0.15) is 5.82 Å². The van der Waals surface area contributed by atoms with E-state index in [1.54, 1.807) is 0 Å². The monoisotopic (exact) mass is 579 g/mol. The highest BCUT2D eigenvalue weighted by Gasteiger charge is 2.22.